The summed E-state index contributed by atoms with van der Waals surface area (Å²) in [7, 11) is 0. The van der Waals surface area contributed by atoms with E-state index in [1.54, 1.807) is 11.6 Å². The number of carbonyl (C=O) groups is 3. The quantitative estimate of drug-likeness (QED) is 0.648. The summed E-state index contributed by atoms with van der Waals surface area (Å²) in [5.41, 5.74) is 2.31. The maximum Gasteiger partial charge on any atom is 0.253 e. The van der Waals surface area contributed by atoms with Crippen LogP contribution in [-0.2, 0) is 20.9 Å². The van der Waals surface area contributed by atoms with Crippen LogP contribution in [0.2, 0.25) is 0 Å². The number of carbonyl (C=O) groups excluding carboxylic acids is 3. The number of carboxylic acid groups (broad SMARTS) is 1. The van der Waals surface area contributed by atoms with Crippen LogP contribution in [0.15, 0.2) is 15.7 Å². The number of aliphatic carboxylic acids is 1. The molecule has 8 nitrogen and oxygen atoms in total. The third kappa shape index (κ3) is 3.16. The van der Waals surface area contributed by atoms with Crippen molar-refractivity contribution in [3.8, 4) is 0 Å². The minimum Gasteiger partial charge on any atom is -0.543 e. The Morgan fingerprint density at radius 1 is 1.38 bits per heavy atom. The van der Waals surface area contributed by atoms with Crippen molar-refractivity contribution in [2.24, 2.45) is 0 Å². The SMILES string of the molecule is CC1=C(C(=O)[O-])N2C(=O)C(NC(=O)CCn3nc(C)c(Br)c3C)C2SC1. The molecule has 0 aromatic carbocycles. The van der Waals surface area contributed by atoms with Gasteiger partial charge in [-0.05, 0) is 42.3 Å². The highest BCUT2D eigenvalue weighted by molar-refractivity contribution is 9.10. The number of halogens is 1. The van der Waals surface area contributed by atoms with Crippen molar-refractivity contribution in [3.63, 3.8) is 0 Å². The van der Waals surface area contributed by atoms with Crippen molar-refractivity contribution >= 4 is 45.5 Å². The van der Waals surface area contributed by atoms with Crippen molar-refractivity contribution in [1.29, 1.82) is 0 Å². The van der Waals surface area contributed by atoms with E-state index in [2.05, 4.69) is 26.3 Å². The van der Waals surface area contributed by atoms with Gasteiger partial charge >= 0.3 is 0 Å². The summed E-state index contributed by atoms with van der Waals surface area (Å²) in [5, 5.41) is 17.9. The van der Waals surface area contributed by atoms with Crippen LogP contribution in [0.4, 0.5) is 0 Å². The molecule has 2 amide bonds. The fourth-order valence-electron chi connectivity index (χ4n) is 3.11. The summed E-state index contributed by atoms with van der Waals surface area (Å²) in [6.45, 7) is 5.85. The molecule has 10 heteroatoms. The maximum absolute atomic E-state index is 12.3. The number of hydrogen-bond acceptors (Lipinski definition) is 6. The summed E-state index contributed by atoms with van der Waals surface area (Å²) in [4.78, 5) is 37.0. The van der Waals surface area contributed by atoms with Crippen LogP contribution in [0.5, 0.6) is 0 Å². The Morgan fingerprint density at radius 2 is 2.08 bits per heavy atom. The fraction of sp³-hybridized carbons (Fsp3) is 0.500. The Kier molecular flexibility index (Phi) is 5.16. The number of amides is 2. The molecule has 1 aromatic heterocycles. The lowest BCUT2D eigenvalue weighted by molar-refractivity contribution is -0.301. The summed E-state index contributed by atoms with van der Waals surface area (Å²) < 4.78 is 2.65. The molecule has 3 heterocycles. The number of β-lactam (4-membered cyclic amide) rings is 1. The zero-order valence-electron chi connectivity index (χ0n) is 14.5. The van der Waals surface area contributed by atoms with Crippen LogP contribution < -0.4 is 10.4 Å². The van der Waals surface area contributed by atoms with Gasteiger partial charge in [-0.15, -0.1) is 11.8 Å². The van der Waals surface area contributed by atoms with E-state index in [0.29, 0.717) is 17.9 Å². The van der Waals surface area contributed by atoms with Gasteiger partial charge in [0, 0.05) is 17.9 Å². The van der Waals surface area contributed by atoms with Crippen molar-refractivity contribution in [2.75, 3.05) is 5.75 Å². The molecule has 0 radical (unpaired) electrons. The molecule has 2 aliphatic heterocycles. The van der Waals surface area contributed by atoms with Gasteiger partial charge in [0.25, 0.3) is 5.91 Å². The summed E-state index contributed by atoms with van der Waals surface area (Å²) in [6, 6.07) is -0.706. The molecule has 0 saturated carbocycles. The third-order valence-electron chi connectivity index (χ3n) is 4.51. The van der Waals surface area contributed by atoms with E-state index >= 15 is 0 Å². The minimum atomic E-state index is -1.36. The molecule has 0 aliphatic carbocycles. The lowest BCUT2D eigenvalue weighted by atomic mass is 10.0. The van der Waals surface area contributed by atoms with E-state index in [9.17, 15) is 19.5 Å². The minimum absolute atomic E-state index is 0.0725. The number of aromatic nitrogens is 2. The van der Waals surface area contributed by atoms with Crippen LogP contribution in [0.3, 0.4) is 0 Å². The molecular formula is C16H18BrN4O4S-. The van der Waals surface area contributed by atoms with Crippen LogP contribution in [0.25, 0.3) is 0 Å². The highest BCUT2D eigenvalue weighted by Gasteiger charge is 2.52. The van der Waals surface area contributed by atoms with Gasteiger partial charge < -0.3 is 15.2 Å². The largest absolute Gasteiger partial charge is 0.543 e. The second-order valence-corrected chi connectivity index (χ2v) is 8.23. The van der Waals surface area contributed by atoms with E-state index in [1.807, 2.05) is 13.8 Å². The van der Waals surface area contributed by atoms with E-state index in [1.165, 1.54) is 16.7 Å². The Bertz CT molecular complexity index is 834. The first-order valence-corrected chi connectivity index (χ1v) is 9.91. The molecule has 1 saturated heterocycles. The second-order valence-electron chi connectivity index (χ2n) is 6.33. The van der Waals surface area contributed by atoms with Crippen molar-refractivity contribution in [3.05, 3.63) is 27.1 Å². The molecule has 3 rings (SSSR count). The van der Waals surface area contributed by atoms with E-state index in [-0.39, 0.29) is 18.0 Å². The predicted octanol–water partition coefficient (Wildman–Crippen LogP) is 0.0763. The van der Waals surface area contributed by atoms with Gasteiger partial charge in [0.05, 0.1) is 28.4 Å². The Hall–Kier alpha value is -1.81. The maximum atomic E-state index is 12.3. The molecular weight excluding hydrogens is 424 g/mol. The molecule has 140 valence electrons. The monoisotopic (exact) mass is 441 g/mol. The van der Waals surface area contributed by atoms with Gasteiger partial charge in [0.15, 0.2) is 0 Å². The van der Waals surface area contributed by atoms with Crippen LogP contribution in [0, 0.1) is 13.8 Å². The molecule has 2 aliphatic rings. The molecule has 1 aromatic rings. The number of aryl methyl sites for hydroxylation is 2. The standard InChI is InChI=1S/C16H19BrN4O4S/c1-7-6-26-15-12(14(23)21(15)13(7)16(24)25)18-10(22)4-5-20-9(3)11(17)8(2)19-20/h12,15H,4-6H2,1-3H3,(H,18,22)(H,24,25)/p-1. The topological polar surface area (TPSA) is 107 Å². The number of nitrogens with one attached hydrogen (secondary N) is 1. The number of carboxylic acids is 1. The molecule has 2 unspecified atom stereocenters. The van der Waals surface area contributed by atoms with Gasteiger partial charge in [0.1, 0.15) is 11.4 Å². The Morgan fingerprint density at radius 3 is 2.65 bits per heavy atom. The number of rotatable bonds is 5. The zero-order chi connectivity index (χ0) is 19.2. The molecule has 0 spiro atoms. The summed E-state index contributed by atoms with van der Waals surface area (Å²) >= 11 is 4.88. The third-order valence-corrected chi connectivity index (χ3v) is 7.08. The smallest absolute Gasteiger partial charge is 0.253 e. The molecule has 1 N–H and O–H groups in total. The van der Waals surface area contributed by atoms with Crippen molar-refractivity contribution in [1.82, 2.24) is 20.0 Å². The van der Waals surface area contributed by atoms with E-state index in [4.69, 9.17) is 0 Å². The van der Waals surface area contributed by atoms with Crippen molar-refractivity contribution in [2.45, 2.75) is 45.2 Å². The zero-order valence-corrected chi connectivity index (χ0v) is 16.9. The van der Waals surface area contributed by atoms with Gasteiger partial charge in [-0.3, -0.25) is 19.2 Å². The van der Waals surface area contributed by atoms with Crippen LogP contribution in [0.1, 0.15) is 24.7 Å². The van der Waals surface area contributed by atoms with Gasteiger partial charge in [-0.2, -0.15) is 5.10 Å². The van der Waals surface area contributed by atoms with Gasteiger partial charge in [0.2, 0.25) is 5.91 Å². The molecule has 2 atom stereocenters. The summed E-state index contributed by atoms with van der Waals surface area (Å²) in [6.07, 6.45) is 0.178. The van der Waals surface area contributed by atoms with Gasteiger partial charge in [-0.25, -0.2) is 0 Å². The number of fused-ring (bicyclic) bond motifs is 1. The first-order valence-electron chi connectivity index (χ1n) is 8.07. The average Bonchev–Trinajstić information content (AvgIpc) is 2.84. The highest BCUT2D eigenvalue weighted by atomic mass is 79.9. The lowest BCUT2D eigenvalue weighted by Crippen LogP contribution is -2.71. The average molecular weight is 442 g/mol. The first kappa shape index (κ1) is 19.0. The van der Waals surface area contributed by atoms with E-state index < -0.39 is 23.3 Å². The van der Waals surface area contributed by atoms with Crippen LogP contribution >= 0.6 is 27.7 Å². The number of nitrogens with zero attached hydrogens (tertiary/aromatic N) is 3. The fourth-order valence-corrected chi connectivity index (χ4v) is 4.68. The lowest BCUT2D eigenvalue weighted by Gasteiger charge is -2.50. The number of hydrogen-bond donors (Lipinski definition) is 1. The highest BCUT2D eigenvalue weighted by Crippen LogP contribution is 2.39. The second kappa shape index (κ2) is 7.07. The van der Waals surface area contributed by atoms with Gasteiger partial charge in [-0.1, -0.05) is 0 Å². The predicted molar refractivity (Wildman–Crippen MR) is 96.7 cm³/mol. The van der Waals surface area contributed by atoms with Crippen LogP contribution in [-0.4, -0.2) is 49.6 Å². The Balaban J connectivity index is 1.60. The Labute approximate surface area is 163 Å². The molecule has 0 bridgehead atoms. The number of thioether (sulfide) groups is 1. The normalized spacial score (nSPS) is 22.2. The summed E-state index contributed by atoms with van der Waals surface area (Å²) in [5.74, 6) is -1.55. The first-order chi connectivity index (χ1) is 12.2. The molecule has 26 heavy (non-hydrogen) atoms. The molecule has 1 fully saturated rings. The van der Waals surface area contributed by atoms with Crippen molar-refractivity contribution < 1.29 is 19.5 Å². The van der Waals surface area contributed by atoms with E-state index in [0.717, 1.165) is 15.9 Å².